The van der Waals surface area contributed by atoms with Gasteiger partial charge in [-0.05, 0) is 12.1 Å². The van der Waals surface area contributed by atoms with Crippen LogP contribution in [0.3, 0.4) is 0 Å². The Morgan fingerprint density at radius 3 is 2.20 bits per heavy atom. The van der Waals surface area contributed by atoms with E-state index in [9.17, 15) is 22.4 Å². The van der Waals surface area contributed by atoms with Gasteiger partial charge in [0.25, 0.3) is 0 Å². The highest BCUT2D eigenvalue weighted by molar-refractivity contribution is 6.31. The first kappa shape index (κ1) is 14.5. The maximum Gasteiger partial charge on any atom is 0.419 e. The van der Waals surface area contributed by atoms with Crippen molar-refractivity contribution in [2.24, 2.45) is 0 Å². The standard InChI is InChI=1S/C14H7ClF4O/c15-9-6-10(12(16)11(7-9)14(17,18)19)13(20)8-4-2-1-3-5-8/h1-7H. The molecule has 20 heavy (non-hydrogen) atoms. The number of alkyl halides is 3. The van der Waals surface area contributed by atoms with Crippen LogP contribution >= 0.6 is 11.6 Å². The molecule has 0 saturated carbocycles. The van der Waals surface area contributed by atoms with E-state index in [-0.39, 0.29) is 10.6 Å². The first-order valence-corrected chi connectivity index (χ1v) is 5.84. The summed E-state index contributed by atoms with van der Waals surface area (Å²) in [5, 5.41) is -0.349. The fourth-order valence-electron chi connectivity index (χ4n) is 1.71. The van der Waals surface area contributed by atoms with Crippen LogP contribution < -0.4 is 0 Å². The zero-order valence-electron chi connectivity index (χ0n) is 9.84. The predicted molar refractivity (Wildman–Crippen MR) is 66.3 cm³/mol. The minimum absolute atomic E-state index is 0.0850. The highest BCUT2D eigenvalue weighted by atomic mass is 35.5. The smallest absolute Gasteiger partial charge is 0.288 e. The highest BCUT2D eigenvalue weighted by Gasteiger charge is 2.36. The number of hydrogen-bond acceptors (Lipinski definition) is 1. The minimum Gasteiger partial charge on any atom is -0.288 e. The quantitative estimate of drug-likeness (QED) is 0.579. The summed E-state index contributed by atoms with van der Waals surface area (Å²) in [5.74, 6) is -2.47. The van der Waals surface area contributed by atoms with E-state index in [2.05, 4.69) is 0 Å². The first-order chi connectivity index (χ1) is 9.30. The molecule has 0 atom stereocenters. The summed E-state index contributed by atoms with van der Waals surface area (Å²) >= 11 is 5.54. The molecule has 0 amide bonds. The Labute approximate surface area is 116 Å². The normalized spacial score (nSPS) is 11.4. The van der Waals surface area contributed by atoms with Crippen molar-refractivity contribution in [1.82, 2.24) is 0 Å². The van der Waals surface area contributed by atoms with E-state index in [1.54, 1.807) is 6.07 Å². The van der Waals surface area contributed by atoms with Gasteiger partial charge < -0.3 is 0 Å². The Balaban J connectivity index is 2.58. The second-order valence-corrected chi connectivity index (χ2v) is 4.44. The summed E-state index contributed by atoms with van der Waals surface area (Å²) in [6, 6.07) is 8.80. The molecule has 0 fully saturated rings. The number of benzene rings is 2. The molecule has 0 unspecified atom stereocenters. The van der Waals surface area contributed by atoms with Crippen molar-refractivity contribution in [3.63, 3.8) is 0 Å². The molecule has 0 saturated heterocycles. The van der Waals surface area contributed by atoms with Gasteiger partial charge in [-0.1, -0.05) is 41.9 Å². The maximum atomic E-state index is 13.9. The molecule has 2 aromatic carbocycles. The Hall–Kier alpha value is -1.88. The van der Waals surface area contributed by atoms with E-state index in [0.717, 1.165) is 6.07 Å². The Morgan fingerprint density at radius 1 is 1.05 bits per heavy atom. The zero-order chi connectivity index (χ0) is 14.9. The van der Waals surface area contributed by atoms with Gasteiger partial charge in [0.05, 0.1) is 11.1 Å². The second-order valence-electron chi connectivity index (χ2n) is 4.01. The predicted octanol–water partition coefficient (Wildman–Crippen LogP) is 4.73. The van der Waals surface area contributed by atoms with E-state index in [0.29, 0.717) is 6.07 Å². The van der Waals surface area contributed by atoms with Crippen LogP contribution in [0, 0.1) is 5.82 Å². The maximum absolute atomic E-state index is 13.9. The van der Waals surface area contributed by atoms with Crippen molar-refractivity contribution in [2.45, 2.75) is 6.18 Å². The first-order valence-electron chi connectivity index (χ1n) is 5.46. The third-order valence-electron chi connectivity index (χ3n) is 2.62. The lowest BCUT2D eigenvalue weighted by atomic mass is 10.0. The van der Waals surface area contributed by atoms with E-state index in [4.69, 9.17) is 11.6 Å². The molecule has 104 valence electrons. The molecule has 0 spiro atoms. The van der Waals surface area contributed by atoms with E-state index in [1.807, 2.05) is 0 Å². The Kier molecular flexibility index (Phi) is 3.81. The van der Waals surface area contributed by atoms with E-state index >= 15 is 0 Å². The van der Waals surface area contributed by atoms with Gasteiger partial charge in [0.2, 0.25) is 0 Å². The van der Waals surface area contributed by atoms with Crippen molar-refractivity contribution in [3.05, 3.63) is 70.0 Å². The van der Waals surface area contributed by atoms with Gasteiger partial charge >= 0.3 is 6.18 Å². The summed E-state index contributed by atoms with van der Waals surface area (Å²) < 4.78 is 51.9. The largest absolute Gasteiger partial charge is 0.419 e. The van der Waals surface area contributed by atoms with Crippen LogP contribution in [-0.2, 0) is 6.18 Å². The van der Waals surface area contributed by atoms with Gasteiger partial charge in [-0.15, -0.1) is 0 Å². The molecule has 0 aliphatic heterocycles. The van der Waals surface area contributed by atoms with Crippen LogP contribution in [0.5, 0.6) is 0 Å². The summed E-state index contributed by atoms with van der Waals surface area (Å²) in [7, 11) is 0. The van der Waals surface area contributed by atoms with Crippen molar-refractivity contribution in [3.8, 4) is 0 Å². The van der Waals surface area contributed by atoms with Gasteiger partial charge in [0, 0.05) is 10.6 Å². The monoisotopic (exact) mass is 302 g/mol. The number of rotatable bonds is 2. The summed E-state index contributed by atoms with van der Waals surface area (Å²) in [6.45, 7) is 0. The summed E-state index contributed by atoms with van der Waals surface area (Å²) in [6.07, 6.45) is -4.92. The molecule has 0 radical (unpaired) electrons. The van der Waals surface area contributed by atoms with Crippen LogP contribution in [-0.4, -0.2) is 5.78 Å². The third kappa shape index (κ3) is 2.82. The zero-order valence-corrected chi connectivity index (χ0v) is 10.6. The Bertz CT molecular complexity index is 650. The van der Waals surface area contributed by atoms with E-state index in [1.165, 1.54) is 24.3 Å². The molecular formula is C14H7ClF4O. The van der Waals surface area contributed by atoms with Crippen molar-refractivity contribution >= 4 is 17.4 Å². The summed E-state index contributed by atoms with van der Waals surface area (Å²) in [4.78, 5) is 12.0. The SMILES string of the molecule is O=C(c1ccccc1)c1cc(Cl)cc(C(F)(F)F)c1F. The molecule has 2 aromatic rings. The van der Waals surface area contributed by atoms with Crippen LogP contribution in [0.1, 0.15) is 21.5 Å². The third-order valence-corrected chi connectivity index (χ3v) is 2.84. The van der Waals surface area contributed by atoms with Gasteiger partial charge in [0.15, 0.2) is 5.78 Å². The number of halogens is 5. The van der Waals surface area contributed by atoms with Gasteiger partial charge in [-0.25, -0.2) is 4.39 Å². The van der Waals surface area contributed by atoms with Crippen molar-refractivity contribution in [2.75, 3.05) is 0 Å². The number of ketones is 1. The Morgan fingerprint density at radius 2 is 1.65 bits per heavy atom. The van der Waals surface area contributed by atoms with Gasteiger partial charge in [-0.3, -0.25) is 4.79 Å². The van der Waals surface area contributed by atoms with Crippen LogP contribution in [0.4, 0.5) is 17.6 Å². The minimum atomic E-state index is -4.92. The molecule has 1 nitrogen and oxygen atoms in total. The molecule has 0 aliphatic carbocycles. The molecule has 0 bridgehead atoms. The molecule has 0 N–H and O–H groups in total. The van der Waals surface area contributed by atoms with Crippen molar-refractivity contribution in [1.29, 1.82) is 0 Å². The van der Waals surface area contributed by atoms with Crippen molar-refractivity contribution < 1.29 is 22.4 Å². The molecule has 0 heterocycles. The lowest BCUT2D eigenvalue weighted by molar-refractivity contribution is -0.140. The second kappa shape index (κ2) is 5.25. The number of hydrogen-bond donors (Lipinski definition) is 0. The lowest BCUT2D eigenvalue weighted by Crippen LogP contribution is -2.13. The molecule has 2 rings (SSSR count). The fourth-order valence-corrected chi connectivity index (χ4v) is 1.92. The average molecular weight is 303 g/mol. The number of carbonyl (C=O) groups excluding carboxylic acids is 1. The average Bonchev–Trinajstić information content (AvgIpc) is 2.40. The molecule has 6 heteroatoms. The van der Waals surface area contributed by atoms with Gasteiger partial charge in [-0.2, -0.15) is 13.2 Å². The van der Waals surface area contributed by atoms with Crippen LogP contribution in [0.2, 0.25) is 5.02 Å². The highest BCUT2D eigenvalue weighted by Crippen LogP contribution is 2.35. The number of carbonyl (C=O) groups is 1. The molecular weight excluding hydrogens is 296 g/mol. The van der Waals surface area contributed by atoms with Crippen LogP contribution in [0.25, 0.3) is 0 Å². The lowest BCUT2D eigenvalue weighted by Gasteiger charge is -2.11. The molecule has 0 aromatic heterocycles. The molecule has 0 aliphatic rings. The van der Waals surface area contributed by atoms with Gasteiger partial charge in [0.1, 0.15) is 5.82 Å². The topological polar surface area (TPSA) is 17.1 Å². The van der Waals surface area contributed by atoms with E-state index < -0.39 is 28.9 Å². The fraction of sp³-hybridized carbons (Fsp3) is 0.0714. The summed E-state index contributed by atoms with van der Waals surface area (Å²) in [5.41, 5.74) is -2.16. The van der Waals surface area contributed by atoms with Crippen LogP contribution in [0.15, 0.2) is 42.5 Å².